The summed E-state index contributed by atoms with van der Waals surface area (Å²) in [7, 11) is 0. The molecule has 0 aromatic heterocycles. The van der Waals surface area contributed by atoms with Crippen molar-refractivity contribution in [2.24, 2.45) is 11.8 Å². The molecule has 1 aliphatic carbocycles. The number of non-ortho nitro benzene ring substituents is 1. The van der Waals surface area contributed by atoms with Crippen LogP contribution in [0.1, 0.15) is 6.42 Å². The number of hydrogen-bond donors (Lipinski definition) is 0. The van der Waals surface area contributed by atoms with Crippen molar-refractivity contribution in [1.29, 1.82) is 0 Å². The van der Waals surface area contributed by atoms with Gasteiger partial charge in [-0.15, -0.1) is 0 Å². The predicted molar refractivity (Wildman–Crippen MR) is 74.5 cm³/mol. The molecule has 2 fully saturated rings. The maximum Gasteiger partial charge on any atom is 0.519 e. The molecule has 120 valence electrons. The first-order valence-electron chi connectivity index (χ1n) is 7.22. The SMILES string of the molecule is O=C(OC1=C2COC3OCC1CC23)Oc1ccc([N+](=O)[O-])cc1. The van der Waals surface area contributed by atoms with E-state index in [1.807, 2.05) is 0 Å². The van der Waals surface area contributed by atoms with Crippen molar-refractivity contribution in [3.8, 4) is 5.75 Å². The zero-order valence-corrected chi connectivity index (χ0v) is 12.0. The molecule has 0 N–H and O–H groups in total. The minimum atomic E-state index is -0.864. The standard InChI is InChI=1S/C15H13NO7/c17-15(22-10-3-1-9(2-4-10)16(18)19)23-13-8-5-11-12(13)7-21-14(11)20-6-8/h1-4,8,11,14H,5-7H2. The van der Waals surface area contributed by atoms with Crippen LogP contribution >= 0.6 is 0 Å². The Morgan fingerprint density at radius 1 is 1.22 bits per heavy atom. The monoisotopic (exact) mass is 319 g/mol. The van der Waals surface area contributed by atoms with Gasteiger partial charge >= 0.3 is 6.16 Å². The summed E-state index contributed by atoms with van der Waals surface area (Å²) in [6.45, 7) is 0.872. The summed E-state index contributed by atoms with van der Waals surface area (Å²) in [4.78, 5) is 22.0. The third-order valence-corrected chi connectivity index (χ3v) is 4.31. The molecule has 0 radical (unpaired) electrons. The molecule has 3 unspecified atom stereocenters. The minimum Gasteiger partial charge on any atom is -0.399 e. The van der Waals surface area contributed by atoms with E-state index in [-0.39, 0.29) is 29.6 Å². The number of rotatable bonds is 3. The number of benzene rings is 1. The van der Waals surface area contributed by atoms with Crippen LogP contribution < -0.4 is 4.74 Å². The van der Waals surface area contributed by atoms with Gasteiger partial charge in [0.25, 0.3) is 5.69 Å². The number of fused-ring (bicyclic) bond motifs is 1. The Morgan fingerprint density at radius 2 is 2.00 bits per heavy atom. The molecule has 2 bridgehead atoms. The average molecular weight is 319 g/mol. The number of nitro benzene ring substituents is 1. The van der Waals surface area contributed by atoms with Crippen LogP contribution in [0.25, 0.3) is 0 Å². The van der Waals surface area contributed by atoms with E-state index in [9.17, 15) is 14.9 Å². The molecular formula is C15H13NO7. The highest BCUT2D eigenvalue weighted by molar-refractivity contribution is 5.65. The quantitative estimate of drug-likeness (QED) is 0.365. The van der Waals surface area contributed by atoms with Gasteiger partial charge in [-0.05, 0) is 18.6 Å². The van der Waals surface area contributed by atoms with Crippen LogP contribution in [0, 0.1) is 22.0 Å². The Kier molecular flexibility index (Phi) is 3.28. The van der Waals surface area contributed by atoms with E-state index in [1.165, 1.54) is 24.3 Å². The number of hydrogen-bond acceptors (Lipinski definition) is 7. The van der Waals surface area contributed by atoms with Crippen LogP contribution in [-0.2, 0) is 14.2 Å². The van der Waals surface area contributed by atoms with Crippen molar-refractivity contribution in [3.05, 3.63) is 45.7 Å². The predicted octanol–water partition coefficient (Wildman–Crippen LogP) is 2.39. The highest BCUT2D eigenvalue weighted by atomic mass is 16.7. The highest BCUT2D eigenvalue weighted by Crippen LogP contribution is 2.48. The molecular weight excluding hydrogens is 306 g/mol. The second-order valence-corrected chi connectivity index (χ2v) is 5.65. The summed E-state index contributed by atoms with van der Waals surface area (Å²) in [6.07, 6.45) is -0.231. The minimum absolute atomic E-state index is 0.0551. The van der Waals surface area contributed by atoms with Gasteiger partial charge in [0.15, 0.2) is 6.29 Å². The average Bonchev–Trinajstić information content (AvgIpc) is 3.05. The zero-order chi connectivity index (χ0) is 16.0. The van der Waals surface area contributed by atoms with Crippen LogP contribution in [0.3, 0.4) is 0 Å². The van der Waals surface area contributed by atoms with Crippen molar-refractivity contribution in [2.75, 3.05) is 13.2 Å². The molecule has 0 amide bonds. The Bertz CT molecular complexity index is 696. The van der Waals surface area contributed by atoms with Crippen LogP contribution in [0.4, 0.5) is 10.5 Å². The molecule has 2 heterocycles. The molecule has 1 aromatic carbocycles. The number of ether oxygens (including phenoxy) is 4. The molecule has 4 rings (SSSR count). The topological polar surface area (TPSA) is 97.1 Å². The van der Waals surface area contributed by atoms with E-state index >= 15 is 0 Å². The fourth-order valence-electron chi connectivity index (χ4n) is 3.25. The molecule has 0 saturated carbocycles. The molecule has 2 saturated heterocycles. The Labute approximate surface area is 130 Å². The molecule has 2 aliphatic heterocycles. The van der Waals surface area contributed by atoms with E-state index in [1.54, 1.807) is 0 Å². The van der Waals surface area contributed by atoms with E-state index in [0.29, 0.717) is 19.0 Å². The van der Waals surface area contributed by atoms with Crippen molar-refractivity contribution in [1.82, 2.24) is 0 Å². The van der Waals surface area contributed by atoms with E-state index < -0.39 is 11.1 Å². The summed E-state index contributed by atoms with van der Waals surface area (Å²) in [5, 5.41) is 10.6. The normalized spacial score (nSPS) is 27.9. The van der Waals surface area contributed by atoms with Crippen molar-refractivity contribution in [3.63, 3.8) is 0 Å². The summed E-state index contributed by atoms with van der Waals surface area (Å²) < 4.78 is 21.5. The van der Waals surface area contributed by atoms with Crippen LogP contribution in [0.15, 0.2) is 35.6 Å². The lowest BCUT2D eigenvalue weighted by atomic mass is 9.99. The third-order valence-electron chi connectivity index (χ3n) is 4.31. The van der Waals surface area contributed by atoms with Gasteiger partial charge < -0.3 is 18.9 Å². The molecule has 8 nitrogen and oxygen atoms in total. The molecule has 3 atom stereocenters. The summed E-state index contributed by atoms with van der Waals surface area (Å²) >= 11 is 0. The van der Waals surface area contributed by atoms with E-state index in [0.717, 1.165) is 12.0 Å². The summed E-state index contributed by atoms with van der Waals surface area (Å²) in [6, 6.07) is 5.22. The van der Waals surface area contributed by atoms with Crippen LogP contribution in [-0.4, -0.2) is 30.6 Å². The lowest BCUT2D eigenvalue weighted by Gasteiger charge is -2.26. The van der Waals surface area contributed by atoms with Gasteiger partial charge in [0.1, 0.15) is 11.5 Å². The first-order valence-corrected chi connectivity index (χ1v) is 7.22. The summed E-state index contributed by atoms with van der Waals surface area (Å²) in [5.41, 5.74) is 0.893. The molecule has 8 heteroatoms. The maximum atomic E-state index is 12.0. The Balaban J connectivity index is 1.44. The van der Waals surface area contributed by atoms with Crippen molar-refractivity contribution < 1.29 is 28.7 Å². The van der Waals surface area contributed by atoms with Crippen molar-refractivity contribution >= 4 is 11.8 Å². The van der Waals surface area contributed by atoms with Gasteiger partial charge in [0.2, 0.25) is 0 Å². The van der Waals surface area contributed by atoms with Gasteiger partial charge in [0, 0.05) is 29.5 Å². The van der Waals surface area contributed by atoms with E-state index in [2.05, 4.69) is 0 Å². The highest BCUT2D eigenvalue weighted by Gasteiger charge is 2.49. The second-order valence-electron chi connectivity index (χ2n) is 5.65. The fourth-order valence-corrected chi connectivity index (χ4v) is 3.25. The Morgan fingerprint density at radius 3 is 2.74 bits per heavy atom. The van der Waals surface area contributed by atoms with Gasteiger partial charge in [0.05, 0.1) is 18.1 Å². The largest absolute Gasteiger partial charge is 0.519 e. The maximum absolute atomic E-state index is 12.0. The number of nitrogens with zero attached hydrogens (tertiary/aromatic N) is 1. The summed E-state index contributed by atoms with van der Waals surface area (Å²) in [5.74, 6) is 0.987. The van der Waals surface area contributed by atoms with Gasteiger partial charge in [-0.1, -0.05) is 0 Å². The first kappa shape index (κ1) is 14.2. The molecule has 23 heavy (non-hydrogen) atoms. The number of carbonyl (C=O) groups is 1. The van der Waals surface area contributed by atoms with Crippen LogP contribution in [0.5, 0.6) is 5.75 Å². The molecule has 0 spiro atoms. The lowest BCUT2D eigenvalue weighted by molar-refractivity contribution is -0.384. The number of nitro groups is 1. The first-order chi connectivity index (χ1) is 11.1. The zero-order valence-electron chi connectivity index (χ0n) is 12.0. The van der Waals surface area contributed by atoms with Crippen molar-refractivity contribution in [2.45, 2.75) is 12.7 Å². The van der Waals surface area contributed by atoms with Gasteiger partial charge in [-0.2, -0.15) is 0 Å². The van der Waals surface area contributed by atoms with Gasteiger partial charge in [-0.25, -0.2) is 4.79 Å². The Hall–Kier alpha value is -2.45. The molecule has 3 aliphatic rings. The fraction of sp³-hybridized carbons (Fsp3) is 0.400. The second kappa shape index (κ2) is 5.32. The number of carbonyl (C=O) groups excluding carboxylic acids is 1. The molecule has 1 aromatic rings. The van der Waals surface area contributed by atoms with E-state index in [4.69, 9.17) is 18.9 Å². The van der Waals surface area contributed by atoms with Gasteiger partial charge in [-0.3, -0.25) is 10.1 Å². The smallest absolute Gasteiger partial charge is 0.399 e. The third kappa shape index (κ3) is 2.45. The van der Waals surface area contributed by atoms with Crippen LogP contribution in [0.2, 0.25) is 0 Å². The lowest BCUT2D eigenvalue weighted by Crippen LogP contribution is -2.29.